The molecule has 0 saturated carbocycles. The molecule has 1 aliphatic heterocycles. The number of carbonyl (C=O) groups excluding carboxylic acids is 1. The van der Waals surface area contributed by atoms with E-state index < -0.39 is 0 Å². The molecule has 2 amide bonds. The van der Waals surface area contributed by atoms with Crippen molar-refractivity contribution in [2.75, 3.05) is 31.1 Å². The summed E-state index contributed by atoms with van der Waals surface area (Å²) in [5.74, 6) is 0.716. The monoisotopic (exact) mass is 359 g/mol. The number of aromatic nitrogens is 2. The average Bonchev–Trinajstić information content (AvgIpc) is 2.66. The Morgan fingerprint density at radius 1 is 1.20 bits per heavy atom. The van der Waals surface area contributed by atoms with Gasteiger partial charge in [0.05, 0.1) is 6.04 Å². The molecule has 1 aromatic heterocycles. The number of carbonyl (C=O) groups is 1. The van der Waals surface area contributed by atoms with Crippen LogP contribution >= 0.6 is 11.6 Å². The predicted molar refractivity (Wildman–Crippen MR) is 98.8 cm³/mol. The minimum atomic E-state index is -0.0412. The van der Waals surface area contributed by atoms with Crippen molar-refractivity contribution in [3.8, 4) is 0 Å². The van der Waals surface area contributed by atoms with Gasteiger partial charge in [0.25, 0.3) is 0 Å². The molecule has 6 nitrogen and oxygen atoms in total. The van der Waals surface area contributed by atoms with Crippen LogP contribution in [0.4, 0.5) is 10.7 Å². The highest BCUT2D eigenvalue weighted by Crippen LogP contribution is 2.21. The van der Waals surface area contributed by atoms with Crippen molar-refractivity contribution in [1.82, 2.24) is 20.2 Å². The van der Waals surface area contributed by atoms with Crippen molar-refractivity contribution in [3.05, 3.63) is 53.3 Å². The first-order valence-corrected chi connectivity index (χ1v) is 8.88. The van der Waals surface area contributed by atoms with Crippen LogP contribution in [0.2, 0.25) is 5.02 Å². The number of urea groups is 1. The highest BCUT2D eigenvalue weighted by Gasteiger charge is 2.24. The minimum absolute atomic E-state index is 0.0401. The Kier molecular flexibility index (Phi) is 5.71. The zero-order chi connectivity index (χ0) is 17.6. The van der Waals surface area contributed by atoms with Crippen LogP contribution in [0.3, 0.4) is 0 Å². The molecule has 1 atom stereocenters. The number of nitrogens with zero attached hydrogens (tertiary/aromatic N) is 4. The molecule has 0 aliphatic carbocycles. The zero-order valence-electron chi connectivity index (χ0n) is 14.2. The van der Waals surface area contributed by atoms with E-state index in [0.717, 1.165) is 25.1 Å². The molecule has 1 aliphatic rings. The largest absolute Gasteiger partial charge is 0.337 e. The molecule has 1 saturated heterocycles. The third-order valence-electron chi connectivity index (χ3n) is 4.36. The predicted octanol–water partition coefficient (Wildman–Crippen LogP) is 3.11. The van der Waals surface area contributed by atoms with Crippen molar-refractivity contribution in [2.24, 2.45) is 0 Å². The van der Waals surface area contributed by atoms with Gasteiger partial charge in [-0.3, -0.25) is 0 Å². The van der Waals surface area contributed by atoms with Crippen LogP contribution in [-0.4, -0.2) is 47.1 Å². The third kappa shape index (κ3) is 4.39. The van der Waals surface area contributed by atoms with Crippen LogP contribution in [0.5, 0.6) is 0 Å². The summed E-state index contributed by atoms with van der Waals surface area (Å²) in [6.07, 6.45) is 4.28. The van der Waals surface area contributed by atoms with Gasteiger partial charge >= 0.3 is 6.03 Å². The van der Waals surface area contributed by atoms with Gasteiger partial charge in [-0.25, -0.2) is 14.8 Å². The number of halogens is 1. The lowest BCUT2D eigenvalue weighted by Crippen LogP contribution is -2.52. The van der Waals surface area contributed by atoms with Gasteiger partial charge in [-0.05, 0) is 30.2 Å². The average molecular weight is 360 g/mol. The lowest BCUT2D eigenvalue weighted by atomic mass is 10.0. The van der Waals surface area contributed by atoms with E-state index in [1.165, 1.54) is 0 Å². The van der Waals surface area contributed by atoms with Crippen LogP contribution < -0.4 is 10.2 Å². The molecular formula is C18H22ClN5O. The molecule has 2 heterocycles. The number of piperazine rings is 1. The summed E-state index contributed by atoms with van der Waals surface area (Å²) in [7, 11) is 0. The molecule has 25 heavy (non-hydrogen) atoms. The van der Waals surface area contributed by atoms with Crippen LogP contribution in [0.15, 0.2) is 42.7 Å². The van der Waals surface area contributed by atoms with Crippen molar-refractivity contribution < 1.29 is 4.79 Å². The lowest BCUT2D eigenvalue weighted by Gasteiger charge is -2.35. The van der Waals surface area contributed by atoms with Gasteiger partial charge in [0.1, 0.15) is 0 Å². The first-order chi connectivity index (χ1) is 12.2. The third-order valence-corrected chi connectivity index (χ3v) is 4.59. The Morgan fingerprint density at radius 2 is 1.92 bits per heavy atom. The Morgan fingerprint density at radius 3 is 2.56 bits per heavy atom. The molecule has 1 fully saturated rings. The Balaban J connectivity index is 1.57. The number of rotatable bonds is 4. The number of benzene rings is 1. The normalized spacial score (nSPS) is 15.8. The SMILES string of the molecule is CC[C@H](NC(=O)N1CCN(c2ncccn2)CC1)c1cccc(Cl)c1. The zero-order valence-corrected chi connectivity index (χ0v) is 15.0. The number of amides is 2. The maximum atomic E-state index is 12.6. The van der Waals surface area contributed by atoms with Crippen molar-refractivity contribution >= 4 is 23.6 Å². The number of anilines is 1. The molecule has 0 spiro atoms. The molecular weight excluding hydrogens is 338 g/mol. The topological polar surface area (TPSA) is 61.4 Å². The van der Waals surface area contributed by atoms with E-state index in [-0.39, 0.29) is 12.1 Å². The van der Waals surface area contributed by atoms with Crippen molar-refractivity contribution in [1.29, 1.82) is 0 Å². The van der Waals surface area contributed by atoms with Gasteiger partial charge in [-0.15, -0.1) is 0 Å². The second kappa shape index (κ2) is 8.16. The summed E-state index contributed by atoms with van der Waals surface area (Å²) in [4.78, 5) is 25.1. The van der Waals surface area contributed by atoms with E-state index in [1.54, 1.807) is 18.5 Å². The summed E-state index contributed by atoms with van der Waals surface area (Å²) in [6.45, 7) is 4.81. The highest BCUT2D eigenvalue weighted by molar-refractivity contribution is 6.30. The number of hydrogen-bond acceptors (Lipinski definition) is 4. The fraction of sp³-hybridized carbons (Fsp3) is 0.389. The lowest BCUT2D eigenvalue weighted by molar-refractivity contribution is 0.189. The molecule has 0 unspecified atom stereocenters. The maximum Gasteiger partial charge on any atom is 0.318 e. The van der Waals surface area contributed by atoms with Gasteiger partial charge in [-0.2, -0.15) is 0 Å². The van der Waals surface area contributed by atoms with Crippen LogP contribution in [0.25, 0.3) is 0 Å². The molecule has 2 aromatic rings. The summed E-state index contributed by atoms with van der Waals surface area (Å²) < 4.78 is 0. The second-order valence-corrected chi connectivity index (χ2v) is 6.42. The van der Waals surface area contributed by atoms with Crippen LogP contribution in [0.1, 0.15) is 24.9 Å². The maximum absolute atomic E-state index is 12.6. The van der Waals surface area contributed by atoms with Crippen molar-refractivity contribution in [2.45, 2.75) is 19.4 Å². The standard InChI is InChI=1S/C18H22ClN5O/c1-2-16(14-5-3-6-15(19)13-14)22-18(25)24-11-9-23(10-12-24)17-20-7-4-8-21-17/h3-8,13,16H,2,9-12H2,1H3,(H,22,25)/t16-/m0/s1. The quantitative estimate of drug-likeness (QED) is 0.911. The van der Waals surface area contributed by atoms with Crippen molar-refractivity contribution in [3.63, 3.8) is 0 Å². The molecule has 132 valence electrons. The Hall–Kier alpha value is -2.34. The smallest absolute Gasteiger partial charge is 0.318 e. The summed E-state index contributed by atoms with van der Waals surface area (Å²) in [6, 6.07) is 9.36. The minimum Gasteiger partial charge on any atom is -0.337 e. The van der Waals surface area contributed by atoms with Gasteiger partial charge in [-0.1, -0.05) is 30.7 Å². The molecule has 1 N–H and O–H groups in total. The van der Waals surface area contributed by atoms with E-state index in [0.29, 0.717) is 24.1 Å². The van der Waals surface area contributed by atoms with Gasteiger partial charge in [0.2, 0.25) is 5.95 Å². The summed E-state index contributed by atoms with van der Waals surface area (Å²) >= 11 is 6.06. The molecule has 0 bridgehead atoms. The van der Waals surface area contributed by atoms with Crippen LogP contribution in [0, 0.1) is 0 Å². The fourth-order valence-electron chi connectivity index (χ4n) is 2.95. The first kappa shape index (κ1) is 17.5. The van der Waals surface area contributed by atoms with Crippen LogP contribution in [-0.2, 0) is 0 Å². The highest BCUT2D eigenvalue weighted by atomic mass is 35.5. The van der Waals surface area contributed by atoms with E-state index in [9.17, 15) is 4.79 Å². The molecule has 0 radical (unpaired) electrons. The molecule has 1 aromatic carbocycles. The summed E-state index contributed by atoms with van der Waals surface area (Å²) in [5, 5.41) is 3.80. The Bertz CT molecular complexity index is 704. The van der Waals surface area contributed by atoms with E-state index in [4.69, 9.17) is 11.6 Å². The molecule has 3 rings (SSSR count). The molecule has 7 heteroatoms. The Labute approximate surface area is 152 Å². The summed E-state index contributed by atoms with van der Waals surface area (Å²) in [5.41, 5.74) is 1.03. The number of nitrogens with one attached hydrogen (secondary N) is 1. The van der Waals surface area contributed by atoms with Gasteiger partial charge < -0.3 is 15.1 Å². The van der Waals surface area contributed by atoms with E-state index >= 15 is 0 Å². The number of hydrogen-bond donors (Lipinski definition) is 1. The van der Waals surface area contributed by atoms with E-state index in [2.05, 4.69) is 27.1 Å². The van der Waals surface area contributed by atoms with E-state index in [1.807, 2.05) is 29.2 Å². The second-order valence-electron chi connectivity index (χ2n) is 5.99. The fourth-order valence-corrected chi connectivity index (χ4v) is 3.15. The van der Waals surface area contributed by atoms with Gasteiger partial charge in [0, 0.05) is 43.6 Å². The van der Waals surface area contributed by atoms with Gasteiger partial charge in [0.15, 0.2) is 0 Å². The first-order valence-electron chi connectivity index (χ1n) is 8.50.